The van der Waals surface area contributed by atoms with E-state index >= 15 is 0 Å². The van der Waals surface area contributed by atoms with Crippen LogP contribution in [0.4, 0.5) is 11.4 Å². The zero-order valence-electron chi connectivity index (χ0n) is 13.2. The Hall–Kier alpha value is -3.14. The number of amides is 1. The quantitative estimate of drug-likeness (QED) is 0.580. The molecule has 0 saturated heterocycles. The number of benzene rings is 2. The van der Waals surface area contributed by atoms with E-state index in [1.54, 1.807) is 12.1 Å². The Labute approximate surface area is 143 Å². The standard InChI is InChI=1S/C15H15N3O6S/c1-24-14-8-3-2-7-13(14)17(10-15(16)19)25(22,23)12-6-4-5-11(9-12)18(20)21/h2-9H,10H2,1H3,(H2,16,19). The van der Waals surface area contributed by atoms with Gasteiger partial charge in [0.25, 0.3) is 15.7 Å². The summed E-state index contributed by atoms with van der Waals surface area (Å²) in [6.45, 7) is -0.647. The largest absolute Gasteiger partial charge is 0.495 e. The number of carbonyl (C=O) groups is 1. The number of methoxy groups -OCH3 is 1. The van der Waals surface area contributed by atoms with Gasteiger partial charge in [0.15, 0.2) is 0 Å². The molecule has 0 bridgehead atoms. The third-order valence-electron chi connectivity index (χ3n) is 3.27. The van der Waals surface area contributed by atoms with Crippen LogP contribution in [0.3, 0.4) is 0 Å². The molecular formula is C15H15N3O6S. The molecule has 9 nitrogen and oxygen atoms in total. The molecule has 0 aliphatic carbocycles. The van der Waals surface area contributed by atoms with E-state index in [2.05, 4.69) is 0 Å². The zero-order valence-corrected chi connectivity index (χ0v) is 14.0. The normalized spacial score (nSPS) is 10.9. The predicted octanol–water partition coefficient (Wildman–Crippen LogP) is 1.28. The molecule has 0 aliphatic rings. The second-order valence-corrected chi connectivity index (χ2v) is 6.77. The van der Waals surface area contributed by atoms with Crippen LogP contribution in [0.1, 0.15) is 0 Å². The van der Waals surface area contributed by atoms with Crippen LogP contribution in [0.2, 0.25) is 0 Å². The summed E-state index contributed by atoms with van der Waals surface area (Å²) in [6, 6.07) is 10.7. The molecule has 2 aromatic rings. The zero-order chi connectivity index (χ0) is 18.6. The van der Waals surface area contributed by atoms with Gasteiger partial charge >= 0.3 is 0 Å². The third kappa shape index (κ3) is 3.86. The second kappa shape index (κ2) is 7.18. The van der Waals surface area contributed by atoms with E-state index in [0.717, 1.165) is 10.4 Å². The molecule has 10 heteroatoms. The number of nitro groups is 1. The van der Waals surface area contributed by atoms with Crippen molar-refractivity contribution in [3.8, 4) is 5.75 Å². The maximum Gasteiger partial charge on any atom is 0.270 e. The number of carbonyl (C=O) groups excluding carboxylic acids is 1. The van der Waals surface area contributed by atoms with Crippen molar-refractivity contribution in [2.45, 2.75) is 4.90 Å². The van der Waals surface area contributed by atoms with Crippen molar-refractivity contribution in [1.29, 1.82) is 0 Å². The van der Waals surface area contributed by atoms with Crippen molar-refractivity contribution in [1.82, 2.24) is 0 Å². The maximum atomic E-state index is 13.0. The van der Waals surface area contributed by atoms with Crippen molar-refractivity contribution in [2.75, 3.05) is 18.0 Å². The summed E-state index contributed by atoms with van der Waals surface area (Å²) in [5.74, 6) is -0.683. The summed E-state index contributed by atoms with van der Waals surface area (Å²) in [6.07, 6.45) is 0. The van der Waals surface area contributed by atoms with E-state index in [1.807, 2.05) is 0 Å². The van der Waals surface area contributed by atoms with Gasteiger partial charge in [-0.15, -0.1) is 0 Å². The molecule has 2 N–H and O–H groups in total. The minimum absolute atomic E-state index is 0.0929. The first-order chi connectivity index (χ1) is 11.8. The number of nitro benzene ring substituents is 1. The summed E-state index contributed by atoms with van der Waals surface area (Å²) in [4.78, 5) is 21.3. The highest BCUT2D eigenvalue weighted by atomic mass is 32.2. The average molecular weight is 365 g/mol. The van der Waals surface area contributed by atoms with Gasteiger partial charge in [-0.1, -0.05) is 18.2 Å². The van der Waals surface area contributed by atoms with E-state index < -0.39 is 27.4 Å². The number of ether oxygens (including phenoxy) is 1. The molecule has 0 aromatic heterocycles. The fraction of sp³-hybridized carbons (Fsp3) is 0.133. The number of non-ortho nitro benzene ring substituents is 1. The van der Waals surface area contributed by atoms with Crippen LogP contribution in [-0.4, -0.2) is 32.9 Å². The van der Waals surface area contributed by atoms with E-state index in [1.165, 1.54) is 37.4 Å². The van der Waals surface area contributed by atoms with E-state index in [4.69, 9.17) is 10.5 Å². The third-order valence-corrected chi connectivity index (χ3v) is 5.03. The van der Waals surface area contributed by atoms with Crippen LogP contribution in [0.5, 0.6) is 5.75 Å². The number of anilines is 1. The molecule has 2 rings (SSSR count). The summed E-state index contributed by atoms with van der Waals surface area (Å²) in [5.41, 5.74) is 4.89. The van der Waals surface area contributed by atoms with Crippen molar-refractivity contribution in [3.05, 3.63) is 58.6 Å². The fourth-order valence-electron chi connectivity index (χ4n) is 2.16. The van der Waals surface area contributed by atoms with E-state index in [9.17, 15) is 23.3 Å². The number of primary amides is 1. The first-order valence-corrected chi connectivity index (χ1v) is 8.40. The van der Waals surface area contributed by atoms with Gasteiger partial charge in [-0.3, -0.25) is 19.2 Å². The van der Waals surface area contributed by atoms with Crippen LogP contribution in [-0.2, 0) is 14.8 Å². The summed E-state index contributed by atoms with van der Waals surface area (Å²) >= 11 is 0. The lowest BCUT2D eigenvalue weighted by atomic mass is 10.3. The summed E-state index contributed by atoms with van der Waals surface area (Å²) in [5, 5.41) is 10.9. The minimum Gasteiger partial charge on any atom is -0.495 e. The molecule has 0 unspecified atom stereocenters. The Morgan fingerprint density at radius 3 is 2.52 bits per heavy atom. The maximum absolute atomic E-state index is 13.0. The molecule has 0 atom stereocenters. The molecule has 0 heterocycles. The Morgan fingerprint density at radius 2 is 1.92 bits per heavy atom. The molecule has 0 aliphatic heterocycles. The number of hydrogen-bond donors (Lipinski definition) is 1. The summed E-state index contributed by atoms with van der Waals surface area (Å²) in [7, 11) is -2.94. The van der Waals surface area contributed by atoms with Crippen LogP contribution >= 0.6 is 0 Å². The number of hydrogen-bond acceptors (Lipinski definition) is 6. The van der Waals surface area contributed by atoms with Gasteiger partial charge in [-0.25, -0.2) is 8.42 Å². The van der Waals surface area contributed by atoms with Crippen LogP contribution in [0.25, 0.3) is 0 Å². The van der Waals surface area contributed by atoms with Gasteiger partial charge in [0.05, 0.1) is 22.6 Å². The van der Waals surface area contributed by atoms with E-state index in [0.29, 0.717) is 0 Å². The number of sulfonamides is 1. The Bertz CT molecular complexity index is 913. The monoisotopic (exact) mass is 365 g/mol. The van der Waals surface area contributed by atoms with Crippen molar-refractivity contribution >= 4 is 27.3 Å². The van der Waals surface area contributed by atoms with Gasteiger partial charge in [0.2, 0.25) is 5.91 Å². The van der Waals surface area contributed by atoms with E-state index in [-0.39, 0.29) is 22.0 Å². The SMILES string of the molecule is COc1ccccc1N(CC(N)=O)S(=O)(=O)c1cccc([N+](=O)[O-])c1. The number of nitrogens with two attached hydrogens (primary N) is 1. The molecule has 25 heavy (non-hydrogen) atoms. The molecule has 0 fully saturated rings. The fourth-order valence-corrected chi connectivity index (χ4v) is 3.64. The smallest absolute Gasteiger partial charge is 0.270 e. The minimum atomic E-state index is -4.29. The Morgan fingerprint density at radius 1 is 1.24 bits per heavy atom. The number of para-hydroxylation sites is 2. The first kappa shape index (κ1) is 18.2. The molecule has 1 amide bonds. The highest BCUT2D eigenvalue weighted by Gasteiger charge is 2.29. The lowest BCUT2D eigenvalue weighted by Crippen LogP contribution is -2.38. The molecule has 0 saturated carbocycles. The number of rotatable bonds is 7. The molecule has 0 radical (unpaired) electrons. The Balaban J connectivity index is 2.62. The van der Waals surface area contributed by atoms with Crippen LogP contribution < -0.4 is 14.8 Å². The van der Waals surface area contributed by atoms with Gasteiger partial charge < -0.3 is 10.5 Å². The highest BCUT2D eigenvalue weighted by molar-refractivity contribution is 7.92. The van der Waals surface area contributed by atoms with Gasteiger partial charge in [-0.2, -0.15) is 0 Å². The van der Waals surface area contributed by atoms with Crippen molar-refractivity contribution in [2.24, 2.45) is 5.73 Å². The molecule has 132 valence electrons. The van der Waals surface area contributed by atoms with Gasteiger partial charge in [-0.05, 0) is 18.2 Å². The molecule has 0 spiro atoms. The summed E-state index contributed by atoms with van der Waals surface area (Å²) < 4.78 is 31.8. The molecular weight excluding hydrogens is 350 g/mol. The first-order valence-electron chi connectivity index (χ1n) is 6.96. The van der Waals surface area contributed by atoms with Gasteiger partial charge in [0, 0.05) is 12.1 Å². The second-order valence-electron chi connectivity index (χ2n) is 4.90. The van der Waals surface area contributed by atoms with Gasteiger partial charge in [0.1, 0.15) is 12.3 Å². The highest BCUT2D eigenvalue weighted by Crippen LogP contribution is 2.32. The number of nitrogens with zero attached hydrogens (tertiary/aromatic N) is 2. The lowest BCUT2D eigenvalue weighted by Gasteiger charge is -2.24. The van der Waals surface area contributed by atoms with Crippen molar-refractivity contribution in [3.63, 3.8) is 0 Å². The Kier molecular flexibility index (Phi) is 5.22. The molecule has 2 aromatic carbocycles. The van der Waals surface area contributed by atoms with Crippen molar-refractivity contribution < 1.29 is 22.9 Å². The average Bonchev–Trinajstić information content (AvgIpc) is 2.59. The van der Waals surface area contributed by atoms with Crippen LogP contribution in [0.15, 0.2) is 53.4 Å². The van der Waals surface area contributed by atoms with Crippen LogP contribution in [0, 0.1) is 10.1 Å². The predicted molar refractivity (Wildman–Crippen MR) is 89.8 cm³/mol. The topological polar surface area (TPSA) is 133 Å². The lowest BCUT2D eigenvalue weighted by molar-refractivity contribution is -0.385.